The Labute approximate surface area is 184 Å². The molecule has 1 unspecified atom stereocenters. The van der Waals surface area contributed by atoms with Gasteiger partial charge in [0.15, 0.2) is 0 Å². The van der Waals surface area contributed by atoms with Crippen molar-refractivity contribution in [2.24, 2.45) is 0 Å². The summed E-state index contributed by atoms with van der Waals surface area (Å²) in [5, 5.41) is 0. The first-order valence-corrected chi connectivity index (χ1v) is 12.1. The van der Waals surface area contributed by atoms with Gasteiger partial charge in [-0.25, -0.2) is 0 Å². The van der Waals surface area contributed by atoms with Gasteiger partial charge in [0.1, 0.15) is 0 Å². The van der Waals surface area contributed by atoms with Gasteiger partial charge >= 0.3 is 0 Å². The van der Waals surface area contributed by atoms with Crippen LogP contribution in [-0.2, 0) is 14.3 Å². The molecular formula is C26H38O3S. The first-order chi connectivity index (χ1) is 14.1. The van der Waals surface area contributed by atoms with Crippen molar-refractivity contribution in [1.82, 2.24) is 0 Å². The van der Waals surface area contributed by atoms with Crippen molar-refractivity contribution in [2.45, 2.75) is 84.6 Å². The van der Waals surface area contributed by atoms with Gasteiger partial charge in [-0.05, 0) is 85.8 Å². The van der Waals surface area contributed by atoms with Gasteiger partial charge in [0, 0.05) is 0 Å². The van der Waals surface area contributed by atoms with Crippen LogP contribution < -0.4 is 0 Å². The van der Waals surface area contributed by atoms with Crippen LogP contribution >= 0.6 is 0 Å². The molecule has 166 valence electrons. The Hall–Kier alpha value is -1.91. The third-order valence-electron chi connectivity index (χ3n) is 4.63. The van der Waals surface area contributed by atoms with Crippen LogP contribution in [0, 0.1) is 0 Å². The zero-order valence-corrected chi connectivity index (χ0v) is 20.3. The van der Waals surface area contributed by atoms with Gasteiger partial charge in [-0.2, -0.15) is 8.42 Å². The third kappa shape index (κ3) is 11.3. The second kappa shape index (κ2) is 13.4. The van der Waals surface area contributed by atoms with E-state index < -0.39 is 16.2 Å². The van der Waals surface area contributed by atoms with Gasteiger partial charge in [0.2, 0.25) is 0 Å². The first-order valence-electron chi connectivity index (χ1n) is 10.7. The van der Waals surface area contributed by atoms with Crippen LogP contribution in [0.3, 0.4) is 0 Å². The molecule has 30 heavy (non-hydrogen) atoms. The number of benzene rings is 1. The topological polar surface area (TPSA) is 43.4 Å². The second-order valence-corrected chi connectivity index (χ2v) is 9.91. The van der Waals surface area contributed by atoms with E-state index >= 15 is 0 Å². The molecule has 0 heterocycles. The predicted octanol–water partition coefficient (Wildman–Crippen LogP) is 7.54. The zero-order chi connectivity index (χ0) is 22.6. The van der Waals surface area contributed by atoms with E-state index in [0.717, 1.165) is 31.3 Å². The largest absolute Gasteiger partial charge is 0.297 e. The summed E-state index contributed by atoms with van der Waals surface area (Å²) >= 11 is 0. The maximum Gasteiger partial charge on any atom is 0.297 e. The standard InChI is InChI=1S/C26H38O3S/c1-21(2)12-10-14-23(5)18-19-25(20-24(6)15-11-13-22(3)4)29-30(27,28)26-16-8-7-9-17-26/h7-9,12-13,16-18,20,25H,10-11,14-15,19H2,1-6H3/b23-18+,24-20+. The highest BCUT2D eigenvalue weighted by molar-refractivity contribution is 7.86. The summed E-state index contributed by atoms with van der Waals surface area (Å²) in [5.41, 5.74) is 4.98. The van der Waals surface area contributed by atoms with E-state index in [9.17, 15) is 8.42 Å². The monoisotopic (exact) mass is 430 g/mol. The van der Waals surface area contributed by atoms with Crippen LogP contribution in [0.25, 0.3) is 0 Å². The van der Waals surface area contributed by atoms with E-state index in [1.165, 1.54) is 16.7 Å². The fourth-order valence-corrected chi connectivity index (χ4v) is 4.00. The molecule has 0 aliphatic carbocycles. The van der Waals surface area contributed by atoms with Crippen LogP contribution in [0.5, 0.6) is 0 Å². The smallest absolute Gasteiger partial charge is 0.258 e. The highest BCUT2D eigenvalue weighted by Crippen LogP contribution is 2.20. The Kier molecular flexibility index (Phi) is 11.7. The maximum atomic E-state index is 12.7. The Morgan fingerprint density at radius 1 is 0.833 bits per heavy atom. The van der Waals surface area contributed by atoms with Crippen LogP contribution in [-0.4, -0.2) is 14.5 Å². The lowest BCUT2D eigenvalue weighted by Gasteiger charge is -2.15. The molecule has 0 radical (unpaired) electrons. The summed E-state index contributed by atoms with van der Waals surface area (Å²) in [6.07, 6.45) is 12.3. The van der Waals surface area contributed by atoms with Crippen molar-refractivity contribution in [2.75, 3.05) is 0 Å². The van der Waals surface area contributed by atoms with E-state index in [4.69, 9.17) is 4.18 Å². The molecule has 0 amide bonds. The molecule has 0 aromatic heterocycles. The number of hydrogen-bond donors (Lipinski definition) is 0. The first kappa shape index (κ1) is 26.1. The lowest BCUT2D eigenvalue weighted by molar-refractivity contribution is 0.257. The summed E-state index contributed by atoms with van der Waals surface area (Å²) < 4.78 is 31.1. The minimum absolute atomic E-state index is 0.190. The minimum atomic E-state index is -3.81. The van der Waals surface area contributed by atoms with Crippen LogP contribution in [0.1, 0.15) is 73.6 Å². The molecule has 0 aliphatic rings. The van der Waals surface area contributed by atoms with Crippen LogP contribution in [0.2, 0.25) is 0 Å². The number of hydrogen-bond acceptors (Lipinski definition) is 3. The molecule has 4 heteroatoms. The Balaban J connectivity index is 2.95. The van der Waals surface area contributed by atoms with Gasteiger partial charge in [-0.3, -0.25) is 4.18 Å². The number of rotatable bonds is 12. The maximum absolute atomic E-state index is 12.7. The van der Waals surface area contributed by atoms with E-state index in [-0.39, 0.29) is 4.90 Å². The van der Waals surface area contributed by atoms with Gasteiger partial charge in [0.25, 0.3) is 10.1 Å². The quantitative estimate of drug-likeness (QED) is 0.254. The van der Waals surface area contributed by atoms with Gasteiger partial charge < -0.3 is 0 Å². The van der Waals surface area contributed by atoms with Crippen molar-refractivity contribution < 1.29 is 12.6 Å². The molecule has 1 aromatic rings. The Morgan fingerprint density at radius 3 is 1.90 bits per heavy atom. The van der Waals surface area contributed by atoms with Gasteiger partial charge in [-0.1, -0.05) is 64.8 Å². The van der Waals surface area contributed by atoms with Gasteiger partial charge in [0.05, 0.1) is 11.0 Å². The molecule has 0 saturated heterocycles. The van der Waals surface area contributed by atoms with Crippen molar-refractivity contribution in [3.63, 3.8) is 0 Å². The molecule has 0 saturated carbocycles. The average Bonchev–Trinajstić information content (AvgIpc) is 2.66. The molecule has 0 bridgehead atoms. The summed E-state index contributed by atoms with van der Waals surface area (Å²) in [4.78, 5) is 0.190. The molecule has 3 nitrogen and oxygen atoms in total. The molecule has 0 N–H and O–H groups in total. The molecule has 0 spiro atoms. The lowest BCUT2D eigenvalue weighted by Crippen LogP contribution is -2.17. The minimum Gasteiger partial charge on any atom is -0.258 e. The summed E-state index contributed by atoms with van der Waals surface area (Å²) in [6, 6.07) is 8.34. The second-order valence-electron chi connectivity index (χ2n) is 8.34. The molecule has 0 fully saturated rings. The van der Waals surface area contributed by atoms with E-state index in [1.807, 2.05) is 13.0 Å². The van der Waals surface area contributed by atoms with E-state index in [2.05, 4.69) is 52.8 Å². The summed E-state index contributed by atoms with van der Waals surface area (Å²) in [5.74, 6) is 0. The molecule has 1 atom stereocenters. The van der Waals surface area contributed by atoms with Crippen molar-refractivity contribution in [1.29, 1.82) is 0 Å². The van der Waals surface area contributed by atoms with Gasteiger partial charge in [-0.15, -0.1) is 0 Å². The summed E-state index contributed by atoms with van der Waals surface area (Å²) in [6.45, 7) is 12.5. The van der Waals surface area contributed by atoms with Crippen LogP contribution in [0.4, 0.5) is 0 Å². The van der Waals surface area contributed by atoms with Crippen LogP contribution in [0.15, 0.2) is 81.8 Å². The highest BCUT2D eigenvalue weighted by atomic mass is 32.2. The SMILES string of the molecule is CC(C)=CCC/C(C)=C/CC(/C=C(\C)CCC=C(C)C)OS(=O)(=O)c1ccccc1. The average molecular weight is 431 g/mol. The fourth-order valence-electron chi connectivity index (χ4n) is 2.94. The van der Waals surface area contributed by atoms with Crippen molar-refractivity contribution in [3.05, 3.63) is 76.9 Å². The third-order valence-corrected chi connectivity index (χ3v) is 5.98. The molecular weight excluding hydrogens is 392 g/mol. The Bertz CT molecular complexity index is 864. The Morgan fingerprint density at radius 2 is 1.37 bits per heavy atom. The molecule has 0 aliphatic heterocycles. The highest BCUT2D eigenvalue weighted by Gasteiger charge is 2.20. The number of allylic oxidation sites excluding steroid dienone is 6. The van der Waals surface area contributed by atoms with E-state index in [1.54, 1.807) is 30.3 Å². The normalized spacial score (nSPS) is 13.7. The van der Waals surface area contributed by atoms with Crippen molar-refractivity contribution in [3.8, 4) is 0 Å². The van der Waals surface area contributed by atoms with E-state index in [0.29, 0.717) is 6.42 Å². The molecule has 1 rings (SSSR count). The fraction of sp³-hybridized carbons (Fsp3) is 0.462. The predicted molar refractivity (Wildman–Crippen MR) is 128 cm³/mol. The van der Waals surface area contributed by atoms with Crippen molar-refractivity contribution >= 4 is 10.1 Å². The zero-order valence-electron chi connectivity index (χ0n) is 19.4. The lowest BCUT2D eigenvalue weighted by atomic mass is 10.0. The molecule has 1 aromatic carbocycles. The summed E-state index contributed by atoms with van der Waals surface area (Å²) in [7, 11) is -3.81.